The van der Waals surface area contributed by atoms with E-state index in [2.05, 4.69) is 50.4 Å². The van der Waals surface area contributed by atoms with Crippen LogP contribution in [0.5, 0.6) is 0 Å². The maximum Gasteiger partial charge on any atom is 0.00255 e. The Kier molecular flexibility index (Phi) is 4.40. The van der Waals surface area contributed by atoms with E-state index in [1.807, 2.05) is 0 Å². The molecular weight excluding hydrogens is 254 g/mol. The van der Waals surface area contributed by atoms with Crippen molar-refractivity contribution in [1.82, 2.24) is 5.32 Å². The lowest BCUT2D eigenvalue weighted by Gasteiger charge is -2.50. The summed E-state index contributed by atoms with van der Waals surface area (Å²) in [5.74, 6) is 2.49. The lowest BCUT2D eigenvalue weighted by molar-refractivity contribution is 0.0545. The molecular formula is C20H31N. The molecule has 2 fully saturated rings. The van der Waals surface area contributed by atoms with Crippen LogP contribution < -0.4 is 5.32 Å². The number of hydrogen-bond acceptors (Lipinski definition) is 1. The van der Waals surface area contributed by atoms with Crippen LogP contribution >= 0.6 is 0 Å². The fourth-order valence-electron chi connectivity index (χ4n) is 4.80. The molecule has 21 heavy (non-hydrogen) atoms. The molecule has 3 rings (SSSR count). The minimum absolute atomic E-state index is 0.563. The number of aryl methyl sites for hydroxylation is 1. The lowest BCUT2D eigenvalue weighted by atomic mass is 9.57. The molecule has 1 aliphatic carbocycles. The summed E-state index contributed by atoms with van der Waals surface area (Å²) >= 11 is 0. The zero-order valence-electron chi connectivity index (χ0n) is 14.0. The van der Waals surface area contributed by atoms with Crippen molar-refractivity contribution < 1.29 is 0 Å². The summed E-state index contributed by atoms with van der Waals surface area (Å²) < 4.78 is 0. The van der Waals surface area contributed by atoms with E-state index in [0.29, 0.717) is 11.3 Å². The highest BCUT2D eigenvalue weighted by molar-refractivity contribution is 5.27. The average Bonchev–Trinajstić information content (AvgIpc) is 2.49. The molecule has 1 nitrogen and oxygen atoms in total. The minimum Gasteiger partial charge on any atom is -0.316 e. The summed E-state index contributed by atoms with van der Waals surface area (Å²) in [6, 6.07) is 9.35. The largest absolute Gasteiger partial charge is 0.316 e. The van der Waals surface area contributed by atoms with E-state index in [-0.39, 0.29) is 0 Å². The number of nitrogens with one attached hydrogen (secondary N) is 1. The monoisotopic (exact) mass is 285 g/mol. The lowest BCUT2D eigenvalue weighted by Crippen LogP contribution is -2.46. The summed E-state index contributed by atoms with van der Waals surface area (Å²) in [4.78, 5) is 0. The molecule has 1 heterocycles. The second kappa shape index (κ2) is 6.12. The van der Waals surface area contributed by atoms with Crippen LogP contribution in [0.2, 0.25) is 0 Å². The van der Waals surface area contributed by atoms with Gasteiger partial charge in [0.2, 0.25) is 0 Å². The van der Waals surface area contributed by atoms with E-state index in [1.165, 1.54) is 50.8 Å². The second-order valence-electron chi connectivity index (χ2n) is 7.88. The van der Waals surface area contributed by atoms with Crippen molar-refractivity contribution in [2.75, 3.05) is 13.1 Å². The van der Waals surface area contributed by atoms with Crippen LogP contribution in [0.1, 0.15) is 63.0 Å². The van der Waals surface area contributed by atoms with Crippen molar-refractivity contribution in [3.63, 3.8) is 0 Å². The first-order valence-corrected chi connectivity index (χ1v) is 8.88. The smallest absolute Gasteiger partial charge is 0.00255 e. The molecule has 0 aromatic heterocycles. The summed E-state index contributed by atoms with van der Waals surface area (Å²) in [6.07, 6.45) is 7.15. The van der Waals surface area contributed by atoms with Crippen LogP contribution in [0.4, 0.5) is 0 Å². The molecule has 1 spiro atoms. The minimum atomic E-state index is 0.563. The predicted octanol–water partition coefficient (Wildman–Crippen LogP) is 4.90. The number of benzene rings is 1. The van der Waals surface area contributed by atoms with Gasteiger partial charge in [0.05, 0.1) is 0 Å². The Morgan fingerprint density at radius 3 is 2.62 bits per heavy atom. The van der Waals surface area contributed by atoms with Gasteiger partial charge >= 0.3 is 0 Å². The summed E-state index contributed by atoms with van der Waals surface area (Å²) in [7, 11) is 0. The van der Waals surface area contributed by atoms with Crippen molar-refractivity contribution in [1.29, 1.82) is 0 Å². The Morgan fingerprint density at radius 1 is 1.14 bits per heavy atom. The maximum atomic E-state index is 3.66. The zero-order chi connectivity index (χ0) is 14.9. The highest BCUT2D eigenvalue weighted by Crippen LogP contribution is 2.53. The van der Waals surface area contributed by atoms with Gasteiger partial charge in [0.1, 0.15) is 0 Å². The molecule has 1 aromatic rings. The third kappa shape index (κ3) is 3.04. The second-order valence-corrected chi connectivity index (χ2v) is 7.88. The van der Waals surface area contributed by atoms with Crippen LogP contribution in [-0.2, 0) is 0 Å². The molecule has 3 atom stereocenters. The van der Waals surface area contributed by atoms with Gasteiger partial charge in [0, 0.05) is 12.5 Å². The molecule has 0 amide bonds. The van der Waals surface area contributed by atoms with Gasteiger partial charge in [-0.2, -0.15) is 0 Å². The molecule has 116 valence electrons. The first kappa shape index (κ1) is 15.1. The molecule has 1 N–H and O–H groups in total. The van der Waals surface area contributed by atoms with Crippen LogP contribution in [0.25, 0.3) is 0 Å². The van der Waals surface area contributed by atoms with E-state index >= 15 is 0 Å². The third-order valence-corrected chi connectivity index (χ3v) is 6.23. The molecule has 1 saturated carbocycles. The Labute approximate surface area is 130 Å². The van der Waals surface area contributed by atoms with Crippen molar-refractivity contribution in [2.45, 2.75) is 58.8 Å². The first-order valence-electron chi connectivity index (χ1n) is 8.88. The number of hydrogen-bond donors (Lipinski definition) is 1. The quantitative estimate of drug-likeness (QED) is 0.814. The van der Waals surface area contributed by atoms with Gasteiger partial charge in [0.15, 0.2) is 0 Å². The molecule has 1 aliphatic heterocycles. The van der Waals surface area contributed by atoms with E-state index in [9.17, 15) is 0 Å². The van der Waals surface area contributed by atoms with Crippen LogP contribution in [-0.4, -0.2) is 13.1 Å². The number of rotatable bonds is 2. The van der Waals surface area contributed by atoms with Gasteiger partial charge in [-0.3, -0.25) is 0 Å². The van der Waals surface area contributed by atoms with Gasteiger partial charge in [-0.15, -0.1) is 0 Å². The van der Waals surface area contributed by atoms with Crippen molar-refractivity contribution >= 4 is 0 Å². The normalized spacial score (nSPS) is 33.5. The Bertz CT molecular complexity index is 457. The highest BCUT2D eigenvalue weighted by Gasteiger charge is 2.44. The third-order valence-electron chi connectivity index (χ3n) is 6.23. The highest BCUT2D eigenvalue weighted by atomic mass is 14.9. The zero-order valence-corrected chi connectivity index (χ0v) is 14.0. The van der Waals surface area contributed by atoms with E-state index in [0.717, 1.165) is 11.8 Å². The molecule has 1 heteroatoms. The molecule has 1 aromatic carbocycles. The van der Waals surface area contributed by atoms with Crippen LogP contribution in [0.15, 0.2) is 24.3 Å². The van der Waals surface area contributed by atoms with Crippen molar-refractivity contribution in [2.24, 2.45) is 17.3 Å². The standard InChI is InChI=1S/C20H31N/c1-15(2)18-5-4-10-20(13-18)11-12-21-14-19(20)17-8-6-16(3)7-9-17/h6-9,15,18-19,21H,4-5,10-14H2,1-3H3. The summed E-state index contributed by atoms with van der Waals surface area (Å²) in [6.45, 7) is 9.42. The van der Waals surface area contributed by atoms with E-state index in [4.69, 9.17) is 0 Å². The molecule has 0 radical (unpaired) electrons. The molecule has 3 unspecified atom stereocenters. The molecule has 1 saturated heterocycles. The Balaban J connectivity index is 1.88. The SMILES string of the molecule is Cc1ccc(C2CNCCC23CCCC(C(C)C)C3)cc1. The van der Waals surface area contributed by atoms with E-state index < -0.39 is 0 Å². The van der Waals surface area contributed by atoms with E-state index in [1.54, 1.807) is 5.56 Å². The topological polar surface area (TPSA) is 12.0 Å². The van der Waals surface area contributed by atoms with Crippen LogP contribution in [0, 0.1) is 24.2 Å². The fraction of sp³-hybridized carbons (Fsp3) is 0.700. The maximum absolute atomic E-state index is 3.66. The van der Waals surface area contributed by atoms with Crippen LogP contribution in [0.3, 0.4) is 0 Å². The van der Waals surface area contributed by atoms with Crippen molar-refractivity contribution in [3.05, 3.63) is 35.4 Å². The molecule has 2 aliphatic rings. The fourth-order valence-corrected chi connectivity index (χ4v) is 4.80. The van der Waals surface area contributed by atoms with Crippen molar-refractivity contribution in [3.8, 4) is 0 Å². The Hall–Kier alpha value is -0.820. The van der Waals surface area contributed by atoms with Gasteiger partial charge in [-0.05, 0) is 55.5 Å². The number of piperidine rings is 1. The summed E-state index contributed by atoms with van der Waals surface area (Å²) in [5.41, 5.74) is 3.51. The van der Waals surface area contributed by atoms with Gasteiger partial charge in [-0.1, -0.05) is 56.5 Å². The first-order chi connectivity index (χ1) is 10.1. The summed E-state index contributed by atoms with van der Waals surface area (Å²) in [5, 5.41) is 3.66. The van der Waals surface area contributed by atoms with Gasteiger partial charge < -0.3 is 5.32 Å². The average molecular weight is 285 g/mol. The van der Waals surface area contributed by atoms with Gasteiger partial charge in [0.25, 0.3) is 0 Å². The molecule has 0 bridgehead atoms. The van der Waals surface area contributed by atoms with Gasteiger partial charge in [-0.25, -0.2) is 0 Å². The predicted molar refractivity (Wildman–Crippen MR) is 90.6 cm³/mol. The Morgan fingerprint density at radius 2 is 1.90 bits per heavy atom.